The Labute approximate surface area is 301 Å². The lowest BCUT2D eigenvalue weighted by molar-refractivity contribution is -0.134. The minimum Gasteiger partial charge on any atom is -0.492 e. The van der Waals surface area contributed by atoms with Crippen molar-refractivity contribution in [1.82, 2.24) is 15.1 Å². The number of fused-ring (bicyclic) bond motifs is 2. The molecule has 1 unspecified atom stereocenters. The lowest BCUT2D eigenvalue weighted by Gasteiger charge is -2.45. The number of hydrogen-bond donors (Lipinski definition) is 2. The summed E-state index contributed by atoms with van der Waals surface area (Å²) in [5.74, 6) is -4.00. The molecule has 52 heavy (non-hydrogen) atoms. The molecule has 3 N–H and O–H groups in total. The molecule has 1 saturated heterocycles. The lowest BCUT2D eigenvalue weighted by Crippen LogP contribution is -2.62. The first-order valence-corrected chi connectivity index (χ1v) is 18.0. The van der Waals surface area contributed by atoms with Crippen LogP contribution in [0.3, 0.4) is 0 Å². The summed E-state index contributed by atoms with van der Waals surface area (Å²) in [5, 5.41) is 3.62. The van der Waals surface area contributed by atoms with E-state index in [1.165, 1.54) is 0 Å². The molecule has 3 aliphatic rings. The van der Waals surface area contributed by atoms with Gasteiger partial charge < -0.3 is 30.3 Å². The minimum atomic E-state index is -1.34. The number of rotatable bonds is 16. The number of benzene rings is 3. The molecule has 2 fully saturated rings. The number of amides is 3. The Morgan fingerprint density at radius 1 is 0.923 bits per heavy atom. The summed E-state index contributed by atoms with van der Waals surface area (Å²) in [6.07, 6.45) is 4.12. The molecule has 3 amide bonds. The largest absolute Gasteiger partial charge is 0.492 e. The van der Waals surface area contributed by atoms with E-state index in [1.807, 2.05) is 60.4 Å². The third-order valence-corrected chi connectivity index (χ3v) is 9.80. The van der Waals surface area contributed by atoms with Crippen molar-refractivity contribution in [2.45, 2.75) is 76.4 Å². The number of nitrogens with two attached hydrogens (primary N) is 1. The number of carbonyl (C=O) groups is 3. The maximum atomic E-state index is 14.6. The van der Waals surface area contributed by atoms with Gasteiger partial charge in [-0.05, 0) is 92.0 Å². The summed E-state index contributed by atoms with van der Waals surface area (Å²) >= 11 is 0. The number of aryl methyl sites for hydroxylation is 2. The Hall–Kier alpha value is -4.84. The second-order valence-electron chi connectivity index (χ2n) is 13.8. The molecule has 3 aromatic rings. The number of hydrogen-bond acceptors (Lipinski definition) is 6. The van der Waals surface area contributed by atoms with Crippen molar-refractivity contribution in [2.75, 3.05) is 32.8 Å². The first-order chi connectivity index (χ1) is 25.1. The average Bonchev–Trinajstić information content (AvgIpc) is 3.96. The van der Waals surface area contributed by atoms with E-state index in [0.29, 0.717) is 57.5 Å². The molecule has 0 radical (unpaired) electrons. The zero-order valence-electron chi connectivity index (χ0n) is 29.3. The molecule has 9 nitrogen and oxygen atoms in total. The molecular weight excluding hydrogens is 673 g/mol. The molecule has 6 rings (SSSR count). The number of nitrogens with zero attached hydrogens (tertiary/aromatic N) is 2. The van der Waals surface area contributed by atoms with Crippen LogP contribution < -0.4 is 20.5 Å². The number of primary amides is 1. The quantitative estimate of drug-likeness (QED) is 0.150. The van der Waals surface area contributed by atoms with E-state index in [0.717, 1.165) is 53.0 Å². The number of ether oxygens (including phenoxy) is 2. The van der Waals surface area contributed by atoms with Gasteiger partial charge in [-0.3, -0.25) is 14.4 Å². The second kappa shape index (κ2) is 16.7. The molecule has 2 bridgehead atoms. The summed E-state index contributed by atoms with van der Waals surface area (Å²) in [4.78, 5) is 42.8. The van der Waals surface area contributed by atoms with Crippen LogP contribution in [-0.4, -0.2) is 78.5 Å². The summed E-state index contributed by atoms with van der Waals surface area (Å²) in [6, 6.07) is 16.9. The SMILES string of the molecule is Cc1cccc(OCCN(C(=O)C2=C(c3ccc(CCCOc4c(F)ccc(F)c4F)cc3)CC3CN(C(=O)CCCC(N)=O)C[C@H]2N3)C2CC2)c1. The fourth-order valence-electron chi connectivity index (χ4n) is 7.06. The Morgan fingerprint density at radius 3 is 2.42 bits per heavy atom. The number of halogens is 3. The van der Waals surface area contributed by atoms with Crippen molar-refractivity contribution in [3.05, 3.63) is 100 Å². The Balaban J connectivity index is 1.19. The van der Waals surface area contributed by atoms with Gasteiger partial charge in [0.25, 0.3) is 5.91 Å². The third-order valence-electron chi connectivity index (χ3n) is 9.80. The molecule has 0 aromatic heterocycles. The van der Waals surface area contributed by atoms with Gasteiger partial charge in [-0.1, -0.05) is 36.4 Å². The molecule has 2 heterocycles. The highest BCUT2D eigenvalue weighted by Crippen LogP contribution is 2.37. The third kappa shape index (κ3) is 9.14. The van der Waals surface area contributed by atoms with E-state index in [-0.39, 0.29) is 49.4 Å². The Morgan fingerprint density at radius 2 is 1.69 bits per heavy atom. The summed E-state index contributed by atoms with van der Waals surface area (Å²) in [6.45, 7) is 3.58. The highest BCUT2D eigenvalue weighted by atomic mass is 19.2. The number of carbonyl (C=O) groups excluding carboxylic acids is 3. The van der Waals surface area contributed by atoms with Gasteiger partial charge in [0.2, 0.25) is 17.6 Å². The standard InChI is InChI=1S/C40H45F3N4O5/c1-25-5-2-7-30(21-25)51-20-18-47(29-14-15-29)40(50)37-31(22-28-23-46(24-34(37)45-28)36(49)9-3-8-35(44)48)27-12-10-26(11-13-27)6-4-19-52-39-33(42)17-16-32(41)38(39)43/h2,5,7,10-13,16-17,21,28-29,34,45H,3-4,6,8-9,14-15,18-20,22-24H2,1H3,(H2,44,48)/t28?,34-/m1/s1. The zero-order chi connectivity index (χ0) is 36.8. The first-order valence-electron chi connectivity index (χ1n) is 18.0. The van der Waals surface area contributed by atoms with Crippen molar-refractivity contribution in [2.24, 2.45) is 5.73 Å². The zero-order valence-corrected chi connectivity index (χ0v) is 29.3. The first kappa shape index (κ1) is 36.9. The van der Waals surface area contributed by atoms with Crippen LogP contribution in [0.4, 0.5) is 13.2 Å². The van der Waals surface area contributed by atoms with E-state index >= 15 is 0 Å². The van der Waals surface area contributed by atoms with Gasteiger partial charge in [0.15, 0.2) is 17.4 Å². The highest BCUT2D eigenvalue weighted by molar-refractivity contribution is 6.03. The molecule has 276 valence electrons. The molecule has 2 aliphatic heterocycles. The van der Waals surface area contributed by atoms with Gasteiger partial charge in [0, 0.05) is 43.6 Å². The van der Waals surface area contributed by atoms with Gasteiger partial charge in [0.05, 0.1) is 19.2 Å². The van der Waals surface area contributed by atoms with Crippen LogP contribution >= 0.6 is 0 Å². The molecular formula is C40H45F3N4O5. The maximum Gasteiger partial charge on any atom is 0.252 e. The van der Waals surface area contributed by atoms with Crippen LogP contribution in [-0.2, 0) is 20.8 Å². The van der Waals surface area contributed by atoms with Crippen molar-refractivity contribution < 1.29 is 37.0 Å². The predicted octanol–water partition coefficient (Wildman–Crippen LogP) is 5.48. The van der Waals surface area contributed by atoms with E-state index in [2.05, 4.69) is 5.32 Å². The Bertz CT molecular complexity index is 1810. The van der Waals surface area contributed by atoms with Gasteiger partial charge in [0.1, 0.15) is 12.4 Å². The van der Waals surface area contributed by atoms with Crippen molar-refractivity contribution >= 4 is 23.3 Å². The van der Waals surface area contributed by atoms with Crippen molar-refractivity contribution in [1.29, 1.82) is 0 Å². The summed E-state index contributed by atoms with van der Waals surface area (Å²) in [7, 11) is 0. The number of nitrogens with one attached hydrogen (secondary N) is 1. The molecule has 1 aliphatic carbocycles. The van der Waals surface area contributed by atoms with Crippen LogP contribution in [0, 0.1) is 24.4 Å². The molecule has 12 heteroatoms. The van der Waals surface area contributed by atoms with Crippen molar-refractivity contribution in [3.8, 4) is 11.5 Å². The van der Waals surface area contributed by atoms with E-state index in [9.17, 15) is 27.6 Å². The van der Waals surface area contributed by atoms with Crippen LogP contribution in [0.5, 0.6) is 11.5 Å². The second-order valence-corrected chi connectivity index (χ2v) is 13.8. The van der Waals surface area contributed by atoms with E-state index < -0.39 is 29.1 Å². The van der Waals surface area contributed by atoms with Crippen molar-refractivity contribution in [3.63, 3.8) is 0 Å². The van der Waals surface area contributed by atoms with Gasteiger partial charge in [-0.25, -0.2) is 8.78 Å². The maximum absolute atomic E-state index is 14.6. The highest BCUT2D eigenvalue weighted by Gasteiger charge is 2.43. The van der Waals surface area contributed by atoms with Crippen LogP contribution in [0.15, 0.2) is 66.2 Å². The molecule has 1 saturated carbocycles. The topological polar surface area (TPSA) is 114 Å². The fourth-order valence-corrected chi connectivity index (χ4v) is 7.06. The van der Waals surface area contributed by atoms with Crippen LogP contribution in [0.25, 0.3) is 5.57 Å². The van der Waals surface area contributed by atoms with Gasteiger partial charge in [-0.2, -0.15) is 4.39 Å². The van der Waals surface area contributed by atoms with Crippen LogP contribution in [0.2, 0.25) is 0 Å². The van der Waals surface area contributed by atoms with E-state index in [4.69, 9.17) is 15.2 Å². The number of piperazine rings is 1. The normalized spacial score (nSPS) is 18.3. The fraction of sp³-hybridized carbons (Fsp3) is 0.425. The van der Waals surface area contributed by atoms with Crippen LogP contribution in [0.1, 0.15) is 61.6 Å². The lowest BCUT2D eigenvalue weighted by atomic mass is 9.82. The molecule has 3 aromatic carbocycles. The van der Waals surface area contributed by atoms with E-state index in [1.54, 1.807) is 4.90 Å². The smallest absolute Gasteiger partial charge is 0.252 e. The van der Waals surface area contributed by atoms with Gasteiger partial charge >= 0.3 is 0 Å². The monoisotopic (exact) mass is 718 g/mol. The average molecular weight is 719 g/mol. The summed E-state index contributed by atoms with van der Waals surface area (Å²) < 4.78 is 52.7. The Kier molecular flexibility index (Phi) is 11.8. The molecule has 0 spiro atoms. The minimum absolute atomic E-state index is 0.000220. The summed E-state index contributed by atoms with van der Waals surface area (Å²) in [5.41, 5.74) is 9.85. The predicted molar refractivity (Wildman–Crippen MR) is 190 cm³/mol. The molecule has 2 atom stereocenters. The van der Waals surface area contributed by atoms with Gasteiger partial charge in [-0.15, -0.1) is 0 Å².